The lowest BCUT2D eigenvalue weighted by Crippen LogP contribution is -2.13. The van der Waals surface area contributed by atoms with Crippen molar-refractivity contribution in [3.05, 3.63) is 74.7 Å². The minimum absolute atomic E-state index is 0.0400. The molecule has 110 valence electrons. The number of nitro groups is 1. The Morgan fingerprint density at radius 2 is 1.77 bits per heavy atom. The van der Waals surface area contributed by atoms with Crippen molar-refractivity contribution < 1.29 is 4.92 Å². The van der Waals surface area contributed by atoms with Crippen LogP contribution in [-0.4, -0.2) is 15.1 Å². The number of rotatable bonds is 4. The molecule has 1 aromatic heterocycles. The maximum atomic E-state index is 11.7. The van der Waals surface area contributed by atoms with E-state index in [2.05, 4.69) is 15.5 Å². The van der Waals surface area contributed by atoms with E-state index in [0.717, 1.165) is 11.1 Å². The lowest BCUT2D eigenvalue weighted by Gasteiger charge is -2.07. The van der Waals surface area contributed by atoms with Crippen LogP contribution in [0.1, 0.15) is 5.69 Å². The molecule has 0 aliphatic carbocycles. The number of aromatic nitrogens is 2. The number of anilines is 1. The normalized spacial score (nSPS) is 10.5. The van der Waals surface area contributed by atoms with Gasteiger partial charge in [0, 0.05) is 23.2 Å². The summed E-state index contributed by atoms with van der Waals surface area (Å²) in [6.45, 7) is 0.398. The average Bonchev–Trinajstić information content (AvgIpc) is 2.55. The molecule has 22 heavy (non-hydrogen) atoms. The van der Waals surface area contributed by atoms with Gasteiger partial charge in [-0.3, -0.25) is 14.9 Å². The van der Waals surface area contributed by atoms with E-state index >= 15 is 0 Å². The number of hydrogen-bond donors (Lipinski definition) is 2. The van der Waals surface area contributed by atoms with Crippen LogP contribution in [0.2, 0.25) is 0 Å². The van der Waals surface area contributed by atoms with E-state index in [1.165, 1.54) is 12.1 Å². The van der Waals surface area contributed by atoms with E-state index in [4.69, 9.17) is 0 Å². The number of H-pyrrole nitrogens is 1. The van der Waals surface area contributed by atoms with Gasteiger partial charge in [0.25, 0.3) is 11.2 Å². The molecule has 0 atom stereocenters. The van der Waals surface area contributed by atoms with Crippen LogP contribution in [0.25, 0.3) is 10.8 Å². The van der Waals surface area contributed by atoms with Crippen LogP contribution in [0, 0.1) is 10.1 Å². The summed E-state index contributed by atoms with van der Waals surface area (Å²) in [5, 5.41) is 21.6. The first kappa shape index (κ1) is 13.7. The number of non-ortho nitro benzene ring substituents is 1. The second kappa shape index (κ2) is 5.65. The van der Waals surface area contributed by atoms with Crippen LogP contribution in [0.4, 0.5) is 11.4 Å². The van der Waals surface area contributed by atoms with Gasteiger partial charge in [-0.25, -0.2) is 5.10 Å². The minimum atomic E-state index is -0.444. The van der Waals surface area contributed by atoms with Crippen molar-refractivity contribution in [1.29, 1.82) is 0 Å². The first-order valence-corrected chi connectivity index (χ1v) is 6.60. The van der Waals surface area contributed by atoms with Gasteiger partial charge in [-0.05, 0) is 18.2 Å². The summed E-state index contributed by atoms with van der Waals surface area (Å²) >= 11 is 0. The van der Waals surface area contributed by atoms with Gasteiger partial charge in [-0.15, -0.1) is 0 Å². The van der Waals surface area contributed by atoms with Crippen molar-refractivity contribution in [3.63, 3.8) is 0 Å². The van der Waals surface area contributed by atoms with E-state index in [0.29, 0.717) is 17.6 Å². The third-order valence-electron chi connectivity index (χ3n) is 3.31. The molecule has 0 aliphatic rings. The van der Waals surface area contributed by atoms with Gasteiger partial charge in [-0.1, -0.05) is 18.2 Å². The lowest BCUT2D eigenvalue weighted by molar-refractivity contribution is -0.384. The molecule has 0 amide bonds. The molecule has 7 nitrogen and oxygen atoms in total. The quantitative estimate of drug-likeness (QED) is 0.569. The Kier molecular flexibility index (Phi) is 3.53. The third kappa shape index (κ3) is 2.64. The molecule has 0 spiro atoms. The summed E-state index contributed by atoms with van der Waals surface area (Å²) in [4.78, 5) is 21.9. The minimum Gasteiger partial charge on any atom is -0.379 e. The van der Waals surface area contributed by atoms with Crippen LogP contribution in [-0.2, 0) is 6.54 Å². The van der Waals surface area contributed by atoms with Gasteiger partial charge in [0.05, 0.1) is 22.5 Å². The second-order valence-electron chi connectivity index (χ2n) is 4.70. The molecule has 2 N–H and O–H groups in total. The zero-order valence-electron chi connectivity index (χ0n) is 11.4. The highest BCUT2D eigenvalue weighted by molar-refractivity contribution is 5.83. The molecular formula is C15H12N4O3. The first-order chi connectivity index (χ1) is 10.6. The molecule has 2 aromatic carbocycles. The zero-order valence-corrected chi connectivity index (χ0v) is 11.4. The molecular weight excluding hydrogens is 284 g/mol. The fraction of sp³-hybridized carbons (Fsp3) is 0.0667. The number of nitrogens with zero attached hydrogens (tertiary/aromatic N) is 2. The SMILES string of the molecule is O=c1[nH]nc(CNc2ccc([N+](=O)[O-])cc2)c2ccccc12. The van der Waals surface area contributed by atoms with Gasteiger partial charge in [-0.2, -0.15) is 5.10 Å². The molecule has 0 bridgehead atoms. The molecule has 0 radical (unpaired) electrons. The van der Waals surface area contributed by atoms with Crippen molar-refractivity contribution in [2.75, 3.05) is 5.32 Å². The van der Waals surface area contributed by atoms with Gasteiger partial charge < -0.3 is 5.32 Å². The number of nitrogens with one attached hydrogen (secondary N) is 2. The monoisotopic (exact) mass is 296 g/mol. The van der Waals surface area contributed by atoms with E-state index in [9.17, 15) is 14.9 Å². The Morgan fingerprint density at radius 1 is 1.09 bits per heavy atom. The summed E-state index contributed by atoms with van der Waals surface area (Å²) in [5.41, 5.74) is 1.25. The summed E-state index contributed by atoms with van der Waals surface area (Å²) in [7, 11) is 0. The third-order valence-corrected chi connectivity index (χ3v) is 3.31. The van der Waals surface area contributed by atoms with Crippen molar-refractivity contribution in [1.82, 2.24) is 10.2 Å². The topological polar surface area (TPSA) is 101 Å². The Morgan fingerprint density at radius 3 is 2.45 bits per heavy atom. The fourth-order valence-corrected chi connectivity index (χ4v) is 2.19. The second-order valence-corrected chi connectivity index (χ2v) is 4.70. The fourth-order valence-electron chi connectivity index (χ4n) is 2.19. The highest BCUT2D eigenvalue weighted by Gasteiger charge is 2.07. The number of fused-ring (bicyclic) bond motifs is 1. The molecule has 3 rings (SSSR count). The summed E-state index contributed by atoms with van der Waals surface area (Å²) < 4.78 is 0. The van der Waals surface area contributed by atoms with Crippen LogP contribution >= 0.6 is 0 Å². The van der Waals surface area contributed by atoms with E-state index in [-0.39, 0.29) is 11.2 Å². The van der Waals surface area contributed by atoms with Crippen molar-refractivity contribution >= 4 is 22.1 Å². The molecule has 0 saturated heterocycles. The number of hydrogen-bond acceptors (Lipinski definition) is 5. The van der Waals surface area contributed by atoms with Gasteiger partial charge in [0.2, 0.25) is 0 Å². The van der Waals surface area contributed by atoms with Gasteiger partial charge in [0.1, 0.15) is 0 Å². The Bertz CT molecular complexity index is 887. The highest BCUT2D eigenvalue weighted by atomic mass is 16.6. The smallest absolute Gasteiger partial charge is 0.272 e. The predicted molar refractivity (Wildman–Crippen MR) is 82.8 cm³/mol. The maximum Gasteiger partial charge on any atom is 0.272 e. The van der Waals surface area contributed by atoms with Crippen molar-refractivity contribution in [3.8, 4) is 0 Å². The molecule has 0 fully saturated rings. The largest absolute Gasteiger partial charge is 0.379 e. The van der Waals surface area contributed by atoms with E-state index in [1.54, 1.807) is 24.3 Å². The number of aromatic amines is 1. The number of nitro benzene ring substituents is 1. The lowest BCUT2D eigenvalue weighted by atomic mass is 10.1. The first-order valence-electron chi connectivity index (χ1n) is 6.60. The molecule has 0 unspecified atom stereocenters. The molecule has 0 saturated carbocycles. The van der Waals surface area contributed by atoms with Crippen LogP contribution in [0.5, 0.6) is 0 Å². The van der Waals surface area contributed by atoms with Gasteiger partial charge in [0.15, 0.2) is 0 Å². The Balaban J connectivity index is 1.84. The molecule has 1 heterocycles. The molecule has 3 aromatic rings. The van der Waals surface area contributed by atoms with Crippen LogP contribution < -0.4 is 10.9 Å². The van der Waals surface area contributed by atoms with E-state index < -0.39 is 4.92 Å². The van der Waals surface area contributed by atoms with Crippen molar-refractivity contribution in [2.24, 2.45) is 0 Å². The summed E-state index contributed by atoms with van der Waals surface area (Å²) in [5.74, 6) is 0. The highest BCUT2D eigenvalue weighted by Crippen LogP contribution is 2.17. The van der Waals surface area contributed by atoms with E-state index in [1.807, 2.05) is 12.1 Å². The summed E-state index contributed by atoms with van der Waals surface area (Å²) in [6.07, 6.45) is 0. The van der Waals surface area contributed by atoms with Crippen LogP contribution in [0.15, 0.2) is 53.3 Å². The van der Waals surface area contributed by atoms with Crippen LogP contribution in [0.3, 0.4) is 0 Å². The van der Waals surface area contributed by atoms with Crippen molar-refractivity contribution in [2.45, 2.75) is 6.54 Å². The molecule has 0 aliphatic heterocycles. The standard InChI is InChI=1S/C15H12N4O3/c20-15-13-4-2-1-3-12(13)14(17-18-15)9-16-10-5-7-11(8-6-10)19(21)22/h1-8,16H,9H2,(H,18,20). The predicted octanol–water partition coefficient (Wildman–Crippen LogP) is 2.44. The zero-order chi connectivity index (χ0) is 15.5. The Labute approximate surface area is 124 Å². The molecule has 7 heteroatoms. The van der Waals surface area contributed by atoms with Gasteiger partial charge >= 0.3 is 0 Å². The number of benzene rings is 2. The maximum absolute atomic E-state index is 11.7. The Hall–Kier alpha value is -3.22. The average molecular weight is 296 g/mol. The summed E-state index contributed by atoms with van der Waals surface area (Å²) in [6, 6.07) is 13.3.